The van der Waals surface area contributed by atoms with Gasteiger partial charge in [-0.15, -0.1) is 0 Å². The van der Waals surface area contributed by atoms with E-state index in [-0.39, 0.29) is 25.0 Å². The number of rotatable bonds is 7. The number of hydrogen-bond donors (Lipinski definition) is 2. The summed E-state index contributed by atoms with van der Waals surface area (Å²) in [6.07, 6.45) is 1.96. The number of amides is 1. The van der Waals surface area contributed by atoms with Crippen molar-refractivity contribution in [2.75, 3.05) is 20.1 Å². The molecule has 0 spiro atoms. The minimum atomic E-state index is -0.924. The predicted octanol–water partition coefficient (Wildman–Crippen LogP) is 0.308. The number of hydrogen-bond acceptors (Lipinski definition) is 3. The second-order valence-electron chi connectivity index (χ2n) is 3.82. The summed E-state index contributed by atoms with van der Waals surface area (Å²) < 4.78 is 0. The van der Waals surface area contributed by atoms with Crippen LogP contribution in [-0.4, -0.2) is 48.1 Å². The van der Waals surface area contributed by atoms with Gasteiger partial charge < -0.3 is 10.4 Å². The van der Waals surface area contributed by atoms with E-state index < -0.39 is 5.97 Å². The van der Waals surface area contributed by atoms with Crippen LogP contribution in [0.3, 0.4) is 0 Å². The first-order valence-electron chi connectivity index (χ1n) is 5.15. The van der Waals surface area contributed by atoms with Gasteiger partial charge in [0.2, 0.25) is 5.91 Å². The first kappa shape index (κ1) is 13.9. The van der Waals surface area contributed by atoms with E-state index in [0.717, 1.165) is 12.8 Å². The Labute approximate surface area is 90.5 Å². The fraction of sp³-hybridized carbons (Fsp3) is 0.800. The van der Waals surface area contributed by atoms with Crippen molar-refractivity contribution in [1.29, 1.82) is 0 Å². The first-order valence-corrected chi connectivity index (χ1v) is 5.15. The number of nitrogens with zero attached hydrogens (tertiary/aromatic N) is 1. The van der Waals surface area contributed by atoms with Crippen LogP contribution in [0.5, 0.6) is 0 Å². The van der Waals surface area contributed by atoms with Crippen LogP contribution in [0.15, 0.2) is 0 Å². The Morgan fingerprint density at radius 2 is 2.00 bits per heavy atom. The lowest BCUT2D eigenvalue weighted by atomic mass is 10.2. The summed E-state index contributed by atoms with van der Waals surface area (Å²) in [7, 11) is 1.61. The molecule has 0 saturated heterocycles. The minimum absolute atomic E-state index is 0.115. The zero-order valence-corrected chi connectivity index (χ0v) is 9.62. The second kappa shape index (κ2) is 7.23. The molecule has 0 aromatic heterocycles. The van der Waals surface area contributed by atoms with Gasteiger partial charge in [0, 0.05) is 6.04 Å². The Balaban J connectivity index is 3.77. The molecule has 1 unspecified atom stereocenters. The lowest BCUT2D eigenvalue weighted by Gasteiger charge is -2.17. The van der Waals surface area contributed by atoms with Crippen molar-refractivity contribution in [3.8, 4) is 0 Å². The highest BCUT2D eigenvalue weighted by atomic mass is 16.4. The van der Waals surface area contributed by atoms with Crippen molar-refractivity contribution in [1.82, 2.24) is 10.2 Å². The third kappa shape index (κ3) is 7.93. The van der Waals surface area contributed by atoms with E-state index in [0.29, 0.717) is 0 Å². The molecule has 0 aromatic carbocycles. The predicted molar refractivity (Wildman–Crippen MR) is 57.6 cm³/mol. The molecule has 5 nitrogen and oxygen atoms in total. The SMILES string of the molecule is CCCC(C)NC(=O)CN(C)CC(=O)O. The van der Waals surface area contributed by atoms with Crippen molar-refractivity contribution in [2.45, 2.75) is 32.7 Å². The molecule has 0 aliphatic heterocycles. The van der Waals surface area contributed by atoms with E-state index >= 15 is 0 Å². The summed E-state index contributed by atoms with van der Waals surface area (Å²) >= 11 is 0. The molecule has 0 rings (SSSR count). The first-order chi connectivity index (χ1) is 6.95. The highest BCUT2D eigenvalue weighted by molar-refractivity contribution is 5.79. The number of likely N-dealkylation sites (N-methyl/N-ethyl adjacent to an activating group) is 1. The van der Waals surface area contributed by atoms with Crippen molar-refractivity contribution in [3.05, 3.63) is 0 Å². The topological polar surface area (TPSA) is 69.6 Å². The van der Waals surface area contributed by atoms with Gasteiger partial charge in [0.1, 0.15) is 0 Å². The molecule has 0 saturated carbocycles. The molecule has 0 aliphatic rings. The molecular formula is C10H20N2O3. The summed E-state index contributed by atoms with van der Waals surface area (Å²) in [5, 5.41) is 11.3. The quantitative estimate of drug-likeness (QED) is 0.642. The fourth-order valence-corrected chi connectivity index (χ4v) is 1.36. The van der Waals surface area contributed by atoms with Crippen molar-refractivity contribution >= 4 is 11.9 Å². The monoisotopic (exact) mass is 216 g/mol. The Morgan fingerprint density at radius 3 is 2.47 bits per heavy atom. The van der Waals surface area contributed by atoms with E-state index in [4.69, 9.17) is 5.11 Å². The summed E-state index contributed by atoms with van der Waals surface area (Å²) in [6.45, 7) is 4.01. The van der Waals surface area contributed by atoms with E-state index in [1.807, 2.05) is 6.92 Å². The summed E-state index contributed by atoms with van der Waals surface area (Å²) in [5.74, 6) is -1.05. The average molecular weight is 216 g/mol. The molecule has 1 atom stereocenters. The number of carbonyl (C=O) groups excluding carboxylic acids is 1. The molecule has 0 aliphatic carbocycles. The van der Waals surface area contributed by atoms with Crippen molar-refractivity contribution in [3.63, 3.8) is 0 Å². The van der Waals surface area contributed by atoms with Crippen LogP contribution >= 0.6 is 0 Å². The molecule has 0 aromatic rings. The Morgan fingerprint density at radius 1 is 1.40 bits per heavy atom. The maximum atomic E-state index is 11.4. The van der Waals surface area contributed by atoms with E-state index in [1.54, 1.807) is 7.05 Å². The van der Waals surface area contributed by atoms with Crippen LogP contribution in [0, 0.1) is 0 Å². The summed E-state index contributed by atoms with van der Waals surface area (Å²) in [5.41, 5.74) is 0. The van der Waals surface area contributed by atoms with Crippen molar-refractivity contribution < 1.29 is 14.7 Å². The van der Waals surface area contributed by atoms with Gasteiger partial charge in [-0.3, -0.25) is 14.5 Å². The van der Waals surface area contributed by atoms with E-state index in [9.17, 15) is 9.59 Å². The molecule has 0 fully saturated rings. The summed E-state index contributed by atoms with van der Waals surface area (Å²) in [6, 6.07) is 0.153. The number of carboxylic acid groups (broad SMARTS) is 1. The van der Waals surface area contributed by atoms with Crippen LogP contribution in [-0.2, 0) is 9.59 Å². The van der Waals surface area contributed by atoms with E-state index in [1.165, 1.54) is 4.90 Å². The zero-order valence-electron chi connectivity index (χ0n) is 9.62. The fourth-order valence-electron chi connectivity index (χ4n) is 1.36. The highest BCUT2D eigenvalue weighted by Gasteiger charge is 2.11. The van der Waals surface area contributed by atoms with Gasteiger partial charge in [-0.05, 0) is 20.4 Å². The molecule has 2 N–H and O–H groups in total. The smallest absolute Gasteiger partial charge is 0.317 e. The molecular weight excluding hydrogens is 196 g/mol. The standard InChI is InChI=1S/C10H20N2O3/c1-4-5-8(2)11-9(13)6-12(3)7-10(14)15/h8H,4-7H2,1-3H3,(H,11,13)(H,14,15). The largest absolute Gasteiger partial charge is 0.480 e. The number of carbonyl (C=O) groups is 2. The van der Waals surface area contributed by atoms with Gasteiger partial charge in [0.25, 0.3) is 0 Å². The second-order valence-corrected chi connectivity index (χ2v) is 3.82. The normalized spacial score (nSPS) is 12.5. The Hall–Kier alpha value is -1.10. The molecule has 0 bridgehead atoms. The molecule has 1 amide bonds. The Bertz CT molecular complexity index is 219. The molecule has 15 heavy (non-hydrogen) atoms. The number of carboxylic acids is 1. The lowest BCUT2D eigenvalue weighted by Crippen LogP contribution is -2.41. The van der Waals surface area contributed by atoms with Gasteiger partial charge in [-0.2, -0.15) is 0 Å². The molecule has 0 radical (unpaired) electrons. The zero-order chi connectivity index (χ0) is 11.8. The third-order valence-electron chi connectivity index (χ3n) is 1.95. The van der Waals surface area contributed by atoms with Gasteiger partial charge in [0.15, 0.2) is 0 Å². The average Bonchev–Trinajstić information content (AvgIpc) is 2.00. The molecule has 5 heteroatoms. The Kier molecular flexibility index (Phi) is 6.70. The maximum absolute atomic E-state index is 11.4. The van der Waals surface area contributed by atoms with E-state index in [2.05, 4.69) is 12.2 Å². The van der Waals surface area contributed by atoms with Crippen LogP contribution < -0.4 is 5.32 Å². The highest BCUT2D eigenvalue weighted by Crippen LogP contribution is 1.94. The van der Waals surface area contributed by atoms with Crippen LogP contribution in [0.2, 0.25) is 0 Å². The van der Waals surface area contributed by atoms with Crippen molar-refractivity contribution in [2.24, 2.45) is 0 Å². The third-order valence-corrected chi connectivity index (χ3v) is 1.95. The molecule has 88 valence electrons. The van der Waals surface area contributed by atoms with Crippen LogP contribution in [0.4, 0.5) is 0 Å². The number of nitrogens with one attached hydrogen (secondary N) is 1. The maximum Gasteiger partial charge on any atom is 0.317 e. The van der Waals surface area contributed by atoms with Gasteiger partial charge in [-0.1, -0.05) is 13.3 Å². The summed E-state index contributed by atoms with van der Waals surface area (Å²) in [4.78, 5) is 23.2. The van der Waals surface area contributed by atoms with Gasteiger partial charge >= 0.3 is 5.97 Å². The minimum Gasteiger partial charge on any atom is -0.480 e. The lowest BCUT2D eigenvalue weighted by molar-refractivity contribution is -0.138. The molecule has 0 heterocycles. The van der Waals surface area contributed by atoms with Gasteiger partial charge in [-0.25, -0.2) is 0 Å². The van der Waals surface area contributed by atoms with Gasteiger partial charge in [0.05, 0.1) is 13.1 Å². The van der Waals surface area contributed by atoms with Crippen LogP contribution in [0.1, 0.15) is 26.7 Å². The van der Waals surface area contributed by atoms with Crippen LogP contribution in [0.25, 0.3) is 0 Å². The number of aliphatic carboxylic acids is 1.